The molecule has 1 fully saturated rings. The quantitative estimate of drug-likeness (QED) is 0.125. The van der Waals surface area contributed by atoms with Gasteiger partial charge in [-0.25, -0.2) is 9.78 Å². The van der Waals surface area contributed by atoms with Crippen LogP contribution in [-0.4, -0.2) is 34.5 Å². The Kier molecular flexibility index (Phi) is 10.7. The summed E-state index contributed by atoms with van der Waals surface area (Å²) in [5, 5.41) is 15.8. The van der Waals surface area contributed by atoms with Gasteiger partial charge in [-0.2, -0.15) is 0 Å². The highest BCUT2D eigenvalue weighted by Crippen LogP contribution is 2.44. The monoisotopic (exact) mass is 649 g/mol. The number of hydrogen-bond donors (Lipinski definition) is 3. The Bertz CT molecular complexity index is 1670. The Labute approximate surface area is 279 Å². The molecule has 242 valence electrons. The highest BCUT2D eigenvalue weighted by Gasteiger charge is 2.38. The van der Waals surface area contributed by atoms with Gasteiger partial charge in [0.1, 0.15) is 5.69 Å². The summed E-state index contributed by atoms with van der Waals surface area (Å²) in [6.45, 7) is 5.00. The van der Waals surface area contributed by atoms with Gasteiger partial charge in [0.05, 0.1) is 18.8 Å². The number of carbonyl (C=O) groups excluding carboxylic acids is 1. The van der Waals surface area contributed by atoms with E-state index in [-0.39, 0.29) is 30.8 Å². The van der Waals surface area contributed by atoms with Gasteiger partial charge in [0.25, 0.3) is 5.22 Å². The van der Waals surface area contributed by atoms with E-state index < -0.39 is 6.29 Å². The van der Waals surface area contributed by atoms with E-state index in [1.807, 2.05) is 116 Å². The molecule has 2 heterocycles. The topological polar surface area (TPSA) is 106 Å². The molecule has 1 aliphatic rings. The van der Waals surface area contributed by atoms with E-state index in [4.69, 9.17) is 18.9 Å². The zero-order chi connectivity index (χ0) is 32.6. The molecular weight excluding hydrogens is 611 g/mol. The van der Waals surface area contributed by atoms with Crippen LogP contribution in [0.2, 0.25) is 0 Å². The zero-order valence-corrected chi connectivity index (χ0v) is 27.3. The van der Waals surface area contributed by atoms with E-state index in [0.717, 1.165) is 44.8 Å². The number of aliphatic hydroxyl groups is 1. The van der Waals surface area contributed by atoms with Crippen LogP contribution in [0.3, 0.4) is 0 Å². The lowest BCUT2D eigenvalue weighted by atomic mass is 9.91. The van der Waals surface area contributed by atoms with E-state index in [1.54, 1.807) is 0 Å². The molecule has 3 N–H and O–H groups in total. The van der Waals surface area contributed by atoms with Gasteiger partial charge in [-0.15, -0.1) is 0 Å². The summed E-state index contributed by atoms with van der Waals surface area (Å²) in [5.41, 5.74) is 6.50. The average molecular weight is 650 g/mol. The van der Waals surface area contributed by atoms with Crippen LogP contribution < -0.4 is 10.6 Å². The van der Waals surface area contributed by atoms with Crippen LogP contribution in [0.25, 0.3) is 22.6 Å². The van der Waals surface area contributed by atoms with Crippen molar-refractivity contribution in [3.05, 3.63) is 131 Å². The molecule has 1 aromatic heterocycles. The molecule has 0 saturated carbocycles. The fourth-order valence-corrected chi connectivity index (χ4v) is 6.59. The normalized spacial score (nSPS) is 19.3. The third-order valence-corrected chi connectivity index (χ3v) is 9.14. The number of carbonyl (C=O) groups is 1. The van der Waals surface area contributed by atoms with Crippen molar-refractivity contribution in [1.82, 2.24) is 15.6 Å². The second-order valence-corrected chi connectivity index (χ2v) is 12.4. The fourth-order valence-electron chi connectivity index (χ4n) is 5.60. The van der Waals surface area contributed by atoms with Crippen molar-refractivity contribution in [1.29, 1.82) is 0 Å². The minimum atomic E-state index is -0.603. The molecule has 8 nitrogen and oxygen atoms in total. The van der Waals surface area contributed by atoms with Crippen LogP contribution >= 0.6 is 11.8 Å². The predicted octanol–water partition coefficient (Wildman–Crippen LogP) is 7.90. The molecule has 0 spiro atoms. The number of nitrogens with zero attached hydrogens (tertiary/aromatic N) is 1. The van der Waals surface area contributed by atoms with Crippen LogP contribution in [0.5, 0.6) is 0 Å². The lowest BCUT2D eigenvalue weighted by Crippen LogP contribution is -2.38. The molecule has 1 aliphatic heterocycles. The smallest absolute Gasteiger partial charge is 0.315 e. The summed E-state index contributed by atoms with van der Waals surface area (Å²) in [5.74, 6) is 1.35. The van der Waals surface area contributed by atoms with Crippen LogP contribution in [0, 0.1) is 5.92 Å². The van der Waals surface area contributed by atoms with Crippen molar-refractivity contribution in [3.63, 3.8) is 0 Å². The Hall–Kier alpha value is -4.41. The van der Waals surface area contributed by atoms with E-state index in [9.17, 15) is 9.90 Å². The molecule has 4 unspecified atom stereocenters. The number of amides is 2. The highest BCUT2D eigenvalue weighted by atomic mass is 32.2. The van der Waals surface area contributed by atoms with E-state index >= 15 is 0 Å². The van der Waals surface area contributed by atoms with Gasteiger partial charge in [-0.1, -0.05) is 128 Å². The largest absolute Gasteiger partial charge is 0.431 e. The van der Waals surface area contributed by atoms with Crippen molar-refractivity contribution in [2.75, 3.05) is 12.3 Å². The van der Waals surface area contributed by atoms with Crippen molar-refractivity contribution in [2.45, 2.75) is 50.7 Å². The summed E-state index contributed by atoms with van der Waals surface area (Å²) in [7, 11) is 0. The molecule has 0 aliphatic carbocycles. The highest BCUT2D eigenvalue weighted by molar-refractivity contribution is 7.99. The van der Waals surface area contributed by atoms with Gasteiger partial charge in [-0.05, 0) is 23.6 Å². The summed E-state index contributed by atoms with van der Waals surface area (Å²) in [4.78, 5) is 16.8. The number of oxazole rings is 1. The molecule has 6 rings (SSSR count). The number of hydrogen-bond acceptors (Lipinski definition) is 7. The number of ether oxygens (including phenoxy) is 2. The standard InChI is InChI=1S/C38H39N3O5S/c1-3-39-37(43)40-22-26-14-20-31(21-15-26)36-44-32(25(2)34(45-36)30-18-16-27(23-42)17-19-30)24-47-38-41-33(28-10-6-4-7-11-28)35(46-38)29-12-8-5-9-13-29/h4-21,25,32,34,36,42H,3,22-24H2,1-2H3,(H2,39,40,43). The number of rotatable bonds is 11. The molecule has 0 radical (unpaired) electrons. The molecule has 1 saturated heterocycles. The summed E-state index contributed by atoms with van der Waals surface area (Å²) >= 11 is 1.53. The first-order valence-corrected chi connectivity index (χ1v) is 16.9. The van der Waals surface area contributed by atoms with Crippen molar-refractivity contribution in [2.24, 2.45) is 5.92 Å². The van der Waals surface area contributed by atoms with Crippen molar-refractivity contribution < 1.29 is 23.8 Å². The number of aromatic nitrogens is 1. The summed E-state index contributed by atoms with van der Waals surface area (Å²) < 4.78 is 19.7. The van der Waals surface area contributed by atoms with Crippen LogP contribution in [0.4, 0.5) is 4.79 Å². The summed E-state index contributed by atoms with van der Waals surface area (Å²) in [6, 6.07) is 35.7. The summed E-state index contributed by atoms with van der Waals surface area (Å²) in [6.07, 6.45) is -1.03. The van der Waals surface area contributed by atoms with Crippen LogP contribution in [0.1, 0.15) is 48.5 Å². The third kappa shape index (κ3) is 7.94. The minimum absolute atomic E-state index is 0.0106. The maximum absolute atomic E-state index is 11.8. The predicted molar refractivity (Wildman–Crippen MR) is 183 cm³/mol. The van der Waals surface area contributed by atoms with Gasteiger partial charge >= 0.3 is 6.03 Å². The maximum atomic E-state index is 11.8. The zero-order valence-electron chi connectivity index (χ0n) is 26.5. The third-order valence-electron chi connectivity index (χ3n) is 8.23. The fraction of sp³-hybridized carbons (Fsp3) is 0.263. The van der Waals surface area contributed by atoms with E-state index in [0.29, 0.717) is 24.1 Å². The second-order valence-electron chi connectivity index (χ2n) is 11.5. The van der Waals surface area contributed by atoms with Gasteiger partial charge in [0, 0.05) is 41.5 Å². The van der Waals surface area contributed by atoms with Gasteiger partial charge < -0.3 is 29.6 Å². The van der Waals surface area contributed by atoms with Crippen molar-refractivity contribution in [3.8, 4) is 22.6 Å². The number of thioether (sulfide) groups is 1. The Morgan fingerprint density at radius 3 is 2.11 bits per heavy atom. The maximum Gasteiger partial charge on any atom is 0.315 e. The molecule has 47 heavy (non-hydrogen) atoms. The first-order valence-electron chi connectivity index (χ1n) is 15.9. The Morgan fingerprint density at radius 2 is 1.45 bits per heavy atom. The van der Waals surface area contributed by atoms with Gasteiger partial charge in [0.2, 0.25) is 0 Å². The Morgan fingerprint density at radius 1 is 0.809 bits per heavy atom. The number of nitrogens with one attached hydrogen (secondary N) is 2. The van der Waals surface area contributed by atoms with Gasteiger partial charge in [0.15, 0.2) is 12.1 Å². The lowest BCUT2D eigenvalue weighted by Gasteiger charge is -2.41. The first kappa shape index (κ1) is 32.5. The van der Waals surface area contributed by atoms with Crippen LogP contribution in [0.15, 0.2) is 119 Å². The SMILES string of the molecule is CCNC(=O)NCc1ccc(C2OC(CSc3nc(-c4ccccc4)c(-c4ccccc4)o3)C(C)C(c3ccc(CO)cc3)O2)cc1. The number of benzene rings is 4. The molecule has 0 bridgehead atoms. The Balaban J connectivity index is 1.24. The molecule has 4 aromatic carbocycles. The van der Waals surface area contributed by atoms with Crippen LogP contribution in [-0.2, 0) is 22.6 Å². The van der Waals surface area contributed by atoms with E-state index in [2.05, 4.69) is 17.6 Å². The second kappa shape index (κ2) is 15.5. The molecule has 9 heteroatoms. The first-order chi connectivity index (χ1) is 23.0. The molecule has 2 amide bonds. The lowest BCUT2D eigenvalue weighted by molar-refractivity contribution is -0.268. The minimum Gasteiger partial charge on any atom is -0.431 e. The van der Waals surface area contributed by atoms with E-state index in [1.165, 1.54) is 11.8 Å². The average Bonchev–Trinajstić information content (AvgIpc) is 3.56. The number of aliphatic hydroxyl groups excluding tert-OH is 1. The molecule has 4 atom stereocenters. The van der Waals surface area contributed by atoms with Gasteiger partial charge in [-0.3, -0.25) is 0 Å². The van der Waals surface area contributed by atoms with Crippen molar-refractivity contribution >= 4 is 17.8 Å². The molecule has 5 aromatic rings. The molecular formula is C38H39N3O5S. The number of urea groups is 1.